The molecule has 0 amide bonds. The lowest BCUT2D eigenvalue weighted by Crippen LogP contribution is -2.10. The van der Waals surface area contributed by atoms with Gasteiger partial charge in [0, 0.05) is 47.2 Å². The lowest BCUT2D eigenvalue weighted by Gasteiger charge is -2.21. The Hall–Kier alpha value is -4.84. The van der Waals surface area contributed by atoms with E-state index in [0.717, 1.165) is 61.5 Å². The SMILES string of the molecule is Cc1cnc2c(N(C)c3ccc(Nc4nnc(-c5ccccc5)c5ccccc45)cc3)ccnc2c1. The molecule has 6 heteroatoms. The van der Waals surface area contributed by atoms with Gasteiger partial charge in [-0.05, 0) is 48.9 Å². The highest BCUT2D eigenvalue weighted by Gasteiger charge is 2.13. The van der Waals surface area contributed by atoms with Crippen molar-refractivity contribution in [3.63, 3.8) is 0 Å². The third-order valence-corrected chi connectivity index (χ3v) is 6.31. The zero-order valence-electron chi connectivity index (χ0n) is 20.1. The van der Waals surface area contributed by atoms with E-state index in [-0.39, 0.29) is 0 Å². The largest absolute Gasteiger partial charge is 0.343 e. The van der Waals surface area contributed by atoms with Gasteiger partial charge >= 0.3 is 0 Å². The van der Waals surface area contributed by atoms with Crippen LogP contribution < -0.4 is 10.2 Å². The maximum atomic E-state index is 4.63. The predicted octanol–water partition coefficient (Wildman–Crippen LogP) is 7.06. The van der Waals surface area contributed by atoms with Gasteiger partial charge in [-0.3, -0.25) is 9.97 Å². The molecule has 0 saturated carbocycles. The normalized spacial score (nSPS) is 11.1. The Balaban J connectivity index is 1.30. The van der Waals surface area contributed by atoms with Crippen molar-refractivity contribution >= 4 is 44.7 Å². The van der Waals surface area contributed by atoms with Crippen LogP contribution in [0.5, 0.6) is 0 Å². The second kappa shape index (κ2) is 9.07. The van der Waals surface area contributed by atoms with Crippen molar-refractivity contribution in [3.05, 3.63) is 109 Å². The van der Waals surface area contributed by atoms with E-state index in [4.69, 9.17) is 0 Å². The van der Waals surface area contributed by atoms with Crippen molar-refractivity contribution < 1.29 is 0 Å². The standard InChI is InChI=1S/C30H24N6/c1-20-18-26-29(32-19-20)27(16-17-31-26)36(2)23-14-12-22(13-15-23)33-30-25-11-7-6-10-24(25)28(34-35-30)21-8-4-3-5-9-21/h3-19H,1-2H3,(H,33,35). The van der Waals surface area contributed by atoms with Gasteiger partial charge in [-0.2, -0.15) is 0 Å². The van der Waals surface area contributed by atoms with Gasteiger partial charge in [-0.25, -0.2) is 0 Å². The highest BCUT2D eigenvalue weighted by molar-refractivity contribution is 6.01. The van der Waals surface area contributed by atoms with Crippen molar-refractivity contribution in [2.75, 3.05) is 17.3 Å². The molecule has 0 unspecified atom stereocenters. The Labute approximate surface area is 209 Å². The minimum atomic E-state index is 0.728. The second-order valence-corrected chi connectivity index (χ2v) is 8.75. The summed E-state index contributed by atoms with van der Waals surface area (Å²) in [5.41, 5.74) is 7.79. The van der Waals surface area contributed by atoms with E-state index in [9.17, 15) is 0 Å². The molecule has 0 aliphatic rings. The quantitative estimate of drug-likeness (QED) is 0.292. The lowest BCUT2D eigenvalue weighted by atomic mass is 10.0. The molecule has 3 aromatic carbocycles. The maximum absolute atomic E-state index is 4.63. The molecule has 6 aromatic rings. The Bertz CT molecular complexity index is 1680. The molecule has 0 radical (unpaired) electrons. The van der Waals surface area contributed by atoms with Gasteiger partial charge in [0.1, 0.15) is 11.2 Å². The lowest BCUT2D eigenvalue weighted by molar-refractivity contribution is 1.06. The number of anilines is 4. The van der Waals surface area contributed by atoms with Crippen LogP contribution in [0.1, 0.15) is 5.56 Å². The Morgan fingerprint density at radius 3 is 2.31 bits per heavy atom. The van der Waals surface area contributed by atoms with Gasteiger partial charge < -0.3 is 10.2 Å². The van der Waals surface area contributed by atoms with E-state index in [1.807, 2.05) is 74.9 Å². The Kier molecular flexibility index (Phi) is 5.46. The molecule has 0 saturated heterocycles. The first kappa shape index (κ1) is 21.7. The van der Waals surface area contributed by atoms with Gasteiger partial charge in [0.2, 0.25) is 0 Å². The summed E-state index contributed by atoms with van der Waals surface area (Å²) in [5, 5.41) is 14.6. The highest BCUT2D eigenvalue weighted by Crippen LogP contribution is 2.33. The highest BCUT2D eigenvalue weighted by atomic mass is 15.2. The number of pyridine rings is 2. The van der Waals surface area contributed by atoms with Crippen LogP contribution in [-0.4, -0.2) is 27.2 Å². The predicted molar refractivity (Wildman–Crippen MR) is 147 cm³/mol. The Morgan fingerprint density at radius 1 is 0.750 bits per heavy atom. The summed E-state index contributed by atoms with van der Waals surface area (Å²) in [6.45, 7) is 2.03. The van der Waals surface area contributed by atoms with Gasteiger partial charge in [0.05, 0.1) is 11.2 Å². The first-order valence-electron chi connectivity index (χ1n) is 11.8. The van der Waals surface area contributed by atoms with Crippen LogP contribution >= 0.6 is 0 Å². The molecule has 0 aliphatic carbocycles. The zero-order valence-corrected chi connectivity index (χ0v) is 20.1. The molecule has 36 heavy (non-hydrogen) atoms. The number of fused-ring (bicyclic) bond motifs is 2. The molecule has 0 aliphatic heterocycles. The van der Waals surface area contributed by atoms with Crippen molar-refractivity contribution in [3.8, 4) is 11.3 Å². The third kappa shape index (κ3) is 3.99. The van der Waals surface area contributed by atoms with E-state index in [1.54, 1.807) is 0 Å². The average Bonchev–Trinajstić information content (AvgIpc) is 2.93. The van der Waals surface area contributed by atoms with Crippen molar-refractivity contribution in [1.29, 1.82) is 0 Å². The van der Waals surface area contributed by atoms with E-state index < -0.39 is 0 Å². The molecule has 6 rings (SSSR count). The molecule has 3 heterocycles. The van der Waals surface area contributed by atoms with Crippen LogP contribution in [-0.2, 0) is 0 Å². The summed E-state index contributed by atoms with van der Waals surface area (Å²) in [4.78, 5) is 11.2. The minimum Gasteiger partial charge on any atom is -0.343 e. The molecule has 0 fully saturated rings. The molecule has 6 nitrogen and oxygen atoms in total. The maximum Gasteiger partial charge on any atom is 0.161 e. The second-order valence-electron chi connectivity index (χ2n) is 8.75. The fourth-order valence-electron chi connectivity index (χ4n) is 4.44. The molecule has 3 aromatic heterocycles. The van der Waals surface area contributed by atoms with Gasteiger partial charge in [0.15, 0.2) is 5.82 Å². The van der Waals surface area contributed by atoms with Crippen molar-refractivity contribution in [2.45, 2.75) is 6.92 Å². The fourth-order valence-corrected chi connectivity index (χ4v) is 4.44. The molecule has 0 spiro atoms. The molecular weight excluding hydrogens is 444 g/mol. The molecule has 1 N–H and O–H groups in total. The summed E-state index contributed by atoms with van der Waals surface area (Å²) in [6, 6.07) is 30.7. The fraction of sp³-hybridized carbons (Fsp3) is 0.0667. The zero-order chi connectivity index (χ0) is 24.5. The van der Waals surface area contributed by atoms with Crippen LogP contribution in [0.2, 0.25) is 0 Å². The molecular formula is C30H24N6. The molecule has 0 atom stereocenters. The summed E-state index contributed by atoms with van der Waals surface area (Å²) in [5.74, 6) is 0.728. The van der Waals surface area contributed by atoms with E-state index >= 15 is 0 Å². The molecule has 0 bridgehead atoms. The number of benzene rings is 3. The smallest absolute Gasteiger partial charge is 0.161 e. The average molecular weight is 469 g/mol. The van der Waals surface area contributed by atoms with Crippen LogP contribution in [0, 0.1) is 6.92 Å². The van der Waals surface area contributed by atoms with Crippen LogP contribution in [0.25, 0.3) is 33.1 Å². The van der Waals surface area contributed by atoms with Crippen LogP contribution in [0.3, 0.4) is 0 Å². The van der Waals surface area contributed by atoms with Gasteiger partial charge in [-0.15, -0.1) is 10.2 Å². The van der Waals surface area contributed by atoms with Crippen molar-refractivity contribution in [2.24, 2.45) is 0 Å². The number of rotatable bonds is 5. The van der Waals surface area contributed by atoms with Crippen molar-refractivity contribution in [1.82, 2.24) is 20.2 Å². The summed E-state index contributed by atoms with van der Waals surface area (Å²) >= 11 is 0. The number of hydrogen-bond acceptors (Lipinski definition) is 6. The monoisotopic (exact) mass is 468 g/mol. The number of nitrogens with one attached hydrogen (secondary N) is 1. The van der Waals surface area contributed by atoms with E-state index in [1.165, 1.54) is 0 Å². The van der Waals surface area contributed by atoms with Crippen LogP contribution in [0.4, 0.5) is 22.9 Å². The van der Waals surface area contributed by atoms with E-state index in [2.05, 4.69) is 72.8 Å². The van der Waals surface area contributed by atoms with Crippen LogP contribution in [0.15, 0.2) is 103 Å². The van der Waals surface area contributed by atoms with E-state index in [0.29, 0.717) is 0 Å². The van der Waals surface area contributed by atoms with Gasteiger partial charge in [0.25, 0.3) is 0 Å². The third-order valence-electron chi connectivity index (χ3n) is 6.31. The number of nitrogens with zero attached hydrogens (tertiary/aromatic N) is 5. The summed E-state index contributed by atoms with van der Waals surface area (Å²) < 4.78 is 0. The summed E-state index contributed by atoms with van der Waals surface area (Å²) in [7, 11) is 2.04. The minimum absolute atomic E-state index is 0.728. The number of aryl methyl sites for hydroxylation is 1. The number of hydrogen-bond donors (Lipinski definition) is 1. The summed E-state index contributed by atoms with van der Waals surface area (Å²) in [6.07, 6.45) is 3.71. The first-order valence-corrected chi connectivity index (χ1v) is 11.8. The first-order chi connectivity index (χ1) is 17.7. The topological polar surface area (TPSA) is 66.8 Å². The molecule has 174 valence electrons. The number of aromatic nitrogens is 4. The Morgan fingerprint density at radius 2 is 1.50 bits per heavy atom. The van der Waals surface area contributed by atoms with Gasteiger partial charge in [-0.1, -0.05) is 54.6 Å².